The van der Waals surface area contributed by atoms with Crippen LogP contribution in [-0.4, -0.2) is 38.3 Å². The number of hydrogen-bond acceptors (Lipinski definition) is 4. The highest BCUT2D eigenvalue weighted by Gasteiger charge is 2.44. The first-order valence-corrected chi connectivity index (χ1v) is 6.80. The summed E-state index contributed by atoms with van der Waals surface area (Å²) in [4.78, 5) is 0. The van der Waals surface area contributed by atoms with Crippen LogP contribution in [0.2, 0.25) is 5.02 Å². The predicted molar refractivity (Wildman–Crippen MR) is 70.1 cm³/mol. The van der Waals surface area contributed by atoms with E-state index in [1.54, 1.807) is 7.11 Å². The van der Waals surface area contributed by atoms with Gasteiger partial charge in [-0.3, -0.25) is 0 Å². The molecule has 2 aliphatic heterocycles. The summed E-state index contributed by atoms with van der Waals surface area (Å²) in [5, 5.41) is 0.722. The average Bonchev–Trinajstić information content (AvgIpc) is 2.83. The molecule has 5 heteroatoms. The van der Waals surface area contributed by atoms with Gasteiger partial charge in [-0.2, -0.15) is 0 Å². The van der Waals surface area contributed by atoms with Crippen molar-refractivity contribution in [3.05, 3.63) is 34.9 Å². The van der Waals surface area contributed by atoms with Gasteiger partial charge in [-0.15, -0.1) is 0 Å². The quantitative estimate of drug-likeness (QED) is 0.851. The molecule has 2 bridgehead atoms. The molecule has 2 saturated heterocycles. The van der Waals surface area contributed by atoms with Gasteiger partial charge in [0, 0.05) is 18.6 Å². The van der Waals surface area contributed by atoms with E-state index in [1.807, 2.05) is 24.3 Å². The first kappa shape index (κ1) is 13.3. The zero-order chi connectivity index (χ0) is 13.2. The predicted octanol–water partition coefficient (Wildman–Crippen LogP) is 2.39. The van der Waals surface area contributed by atoms with Crippen molar-refractivity contribution in [3.63, 3.8) is 0 Å². The summed E-state index contributed by atoms with van der Waals surface area (Å²) in [6.45, 7) is 1.09. The number of ether oxygens (including phenoxy) is 4. The Bertz CT molecular complexity index is 439. The molecule has 1 aromatic carbocycles. The summed E-state index contributed by atoms with van der Waals surface area (Å²) in [5.74, 6) is 0. The van der Waals surface area contributed by atoms with Crippen molar-refractivity contribution in [1.29, 1.82) is 0 Å². The van der Waals surface area contributed by atoms with Gasteiger partial charge in [0.15, 0.2) is 6.29 Å². The molecule has 2 heterocycles. The van der Waals surface area contributed by atoms with Crippen LogP contribution in [0.1, 0.15) is 12.0 Å². The first-order chi connectivity index (χ1) is 9.26. The van der Waals surface area contributed by atoms with E-state index in [0.29, 0.717) is 13.2 Å². The molecule has 0 unspecified atom stereocenters. The Hall–Kier alpha value is -0.650. The molecular formula is C14H17ClO4. The maximum Gasteiger partial charge on any atom is 0.184 e. The molecule has 0 N–H and O–H groups in total. The molecule has 0 aromatic heterocycles. The Morgan fingerprint density at radius 3 is 3.05 bits per heavy atom. The lowest BCUT2D eigenvalue weighted by Gasteiger charge is -2.32. The maximum atomic E-state index is 5.95. The van der Waals surface area contributed by atoms with E-state index in [-0.39, 0.29) is 24.6 Å². The van der Waals surface area contributed by atoms with Gasteiger partial charge >= 0.3 is 0 Å². The third-order valence-corrected chi connectivity index (χ3v) is 3.81. The van der Waals surface area contributed by atoms with Gasteiger partial charge in [0.2, 0.25) is 0 Å². The highest BCUT2D eigenvalue weighted by molar-refractivity contribution is 6.30. The Morgan fingerprint density at radius 2 is 2.26 bits per heavy atom. The lowest BCUT2D eigenvalue weighted by Crippen LogP contribution is -2.44. The average molecular weight is 285 g/mol. The third-order valence-electron chi connectivity index (χ3n) is 3.57. The fourth-order valence-corrected chi connectivity index (χ4v) is 2.75. The molecule has 1 aromatic rings. The van der Waals surface area contributed by atoms with Crippen molar-refractivity contribution in [2.45, 2.75) is 37.6 Å². The van der Waals surface area contributed by atoms with Crippen molar-refractivity contribution in [2.75, 3.05) is 13.7 Å². The number of hydrogen-bond donors (Lipinski definition) is 0. The second-order valence-electron chi connectivity index (χ2n) is 4.87. The second-order valence-corrected chi connectivity index (χ2v) is 5.30. The monoisotopic (exact) mass is 284 g/mol. The lowest BCUT2D eigenvalue weighted by molar-refractivity contribution is -0.200. The molecule has 0 aliphatic carbocycles. The van der Waals surface area contributed by atoms with Crippen LogP contribution in [0.25, 0.3) is 0 Å². The van der Waals surface area contributed by atoms with Crippen molar-refractivity contribution < 1.29 is 18.9 Å². The fraction of sp³-hybridized carbons (Fsp3) is 0.571. The highest BCUT2D eigenvalue weighted by Crippen LogP contribution is 2.31. The van der Waals surface area contributed by atoms with E-state index in [0.717, 1.165) is 17.0 Å². The molecule has 0 radical (unpaired) electrons. The lowest BCUT2D eigenvalue weighted by atomic mass is 10.0. The minimum Gasteiger partial charge on any atom is -0.376 e. The Balaban J connectivity index is 1.60. The SMILES string of the molecule is CO[C@@H]1C[C@H](OCc2cccc(Cl)c2)[C@H]2CO[C@@H]1O2. The van der Waals surface area contributed by atoms with Gasteiger partial charge < -0.3 is 18.9 Å². The van der Waals surface area contributed by atoms with Gasteiger partial charge in [-0.05, 0) is 17.7 Å². The van der Waals surface area contributed by atoms with Crippen LogP contribution in [0.15, 0.2) is 24.3 Å². The topological polar surface area (TPSA) is 36.9 Å². The molecular weight excluding hydrogens is 268 g/mol. The van der Waals surface area contributed by atoms with Gasteiger partial charge in [0.25, 0.3) is 0 Å². The number of fused-ring (bicyclic) bond motifs is 2. The Labute approximate surface area is 117 Å². The zero-order valence-electron chi connectivity index (χ0n) is 10.8. The molecule has 2 fully saturated rings. The van der Waals surface area contributed by atoms with E-state index < -0.39 is 0 Å². The summed E-state index contributed by atoms with van der Waals surface area (Å²) in [7, 11) is 1.67. The van der Waals surface area contributed by atoms with Crippen molar-refractivity contribution in [2.24, 2.45) is 0 Å². The second kappa shape index (κ2) is 5.77. The summed E-state index contributed by atoms with van der Waals surface area (Å²) < 4.78 is 22.6. The molecule has 104 valence electrons. The molecule has 3 rings (SSSR count). The molecule has 4 nitrogen and oxygen atoms in total. The van der Waals surface area contributed by atoms with Gasteiger partial charge in [-0.25, -0.2) is 0 Å². The summed E-state index contributed by atoms with van der Waals surface area (Å²) >= 11 is 5.95. The molecule has 0 amide bonds. The van der Waals surface area contributed by atoms with Crippen LogP contribution in [0, 0.1) is 0 Å². The molecule has 0 saturated carbocycles. The smallest absolute Gasteiger partial charge is 0.184 e. The molecule has 4 atom stereocenters. The molecule has 2 aliphatic rings. The van der Waals surface area contributed by atoms with Gasteiger partial charge in [-0.1, -0.05) is 23.7 Å². The van der Waals surface area contributed by atoms with Crippen LogP contribution in [0.3, 0.4) is 0 Å². The van der Waals surface area contributed by atoms with Crippen LogP contribution < -0.4 is 0 Å². The minimum atomic E-state index is -0.235. The van der Waals surface area contributed by atoms with Crippen LogP contribution in [-0.2, 0) is 25.6 Å². The van der Waals surface area contributed by atoms with E-state index in [9.17, 15) is 0 Å². The number of methoxy groups -OCH3 is 1. The summed E-state index contributed by atoms with van der Waals surface area (Å²) in [6, 6.07) is 7.68. The van der Waals surface area contributed by atoms with Crippen LogP contribution >= 0.6 is 11.6 Å². The van der Waals surface area contributed by atoms with Gasteiger partial charge in [0.05, 0.1) is 19.3 Å². The van der Waals surface area contributed by atoms with Gasteiger partial charge in [0.1, 0.15) is 12.2 Å². The normalized spacial score (nSPS) is 33.6. The Morgan fingerprint density at radius 1 is 1.37 bits per heavy atom. The first-order valence-electron chi connectivity index (χ1n) is 6.42. The van der Waals surface area contributed by atoms with E-state index in [2.05, 4.69) is 0 Å². The van der Waals surface area contributed by atoms with Crippen molar-refractivity contribution >= 4 is 11.6 Å². The molecule has 0 spiro atoms. The number of benzene rings is 1. The highest BCUT2D eigenvalue weighted by atomic mass is 35.5. The van der Waals surface area contributed by atoms with Crippen molar-refractivity contribution in [3.8, 4) is 0 Å². The largest absolute Gasteiger partial charge is 0.376 e. The van der Waals surface area contributed by atoms with Crippen LogP contribution in [0.4, 0.5) is 0 Å². The summed E-state index contributed by atoms with van der Waals surface area (Å²) in [5.41, 5.74) is 1.06. The Kier molecular flexibility index (Phi) is 4.05. The minimum absolute atomic E-state index is 0.00248. The standard InChI is InChI=1S/C14H17ClO4/c1-16-12-6-11(13-8-18-14(12)19-13)17-7-9-3-2-4-10(15)5-9/h2-5,11-14H,6-8H2,1H3/t11-,12+,13+,14+/m0/s1. The van der Waals surface area contributed by atoms with Crippen LogP contribution in [0.5, 0.6) is 0 Å². The van der Waals surface area contributed by atoms with Crippen molar-refractivity contribution in [1.82, 2.24) is 0 Å². The number of rotatable bonds is 4. The summed E-state index contributed by atoms with van der Waals surface area (Å²) in [6.07, 6.45) is 0.522. The number of halogens is 1. The van der Waals surface area contributed by atoms with E-state index in [4.69, 9.17) is 30.5 Å². The van der Waals surface area contributed by atoms with E-state index in [1.165, 1.54) is 0 Å². The maximum absolute atomic E-state index is 5.95. The fourth-order valence-electron chi connectivity index (χ4n) is 2.54. The third kappa shape index (κ3) is 2.93. The zero-order valence-corrected chi connectivity index (χ0v) is 11.5. The molecule has 19 heavy (non-hydrogen) atoms. The van der Waals surface area contributed by atoms with E-state index >= 15 is 0 Å².